The fraction of sp³-hybridized carbons (Fsp3) is 0.188. The molecule has 0 fully saturated rings. The summed E-state index contributed by atoms with van der Waals surface area (Å²) in [7, 11) is 0. The van der Waals surface area contributed by atoms with Gasteiger partial charge in [-0.2, -0.15) is 0 Å². The van der Waals surface area contributed by atoms with Crippen molar-refractivity contribution in [3.63, 3.8) is 0 Å². The molecule has 6 nitrogen and oxygen atoms in total. The molecule has 8 heteroatoms. The molecular formula is C16H14Cl2N2O4. The van der Waals surface area contributed by atoms with Gasteiger partial charge in [0, 0.05) is 12.3 Å². The van der Waals surface area contributed by atoms with Gasteiger partial charge in [-0.3, -0.25) is 14.4 Å². The van der Waals surface area contributed by atoms with E-state index in [-0.39, 0.29) is 27.8 Å². The smallest absolute Gasteiger partial charge is 0.326 e. The van der Waals surface area contributed by atoms with Crippen LogP contribution < -0.4 is 10.9 Å². The van der Waals surface area contributed by atoms with Crippen molar-refractivity contribution in [2.24, 2.45) is 0 Å². The third kappa shape index (κ3) is 4.59. The first kappa shape index (κ1) is 18.0. The molecule has 2 rings (SSSR count). The van der Waals surface area contributed by atoms with E-state index in [9.17, 15) is 14.4 Å². The fourth-order valence-corrected chi connectivity index (χ4v) is 2.35. The maximum Gasteiger partial charge on any atom is 0.326 e. The second-order valence-corrected chi connectivity index (χ2v) is 5.70. The molecule has 0 aliphatic heterocycles. The number of esters is 1. The van der Waals surface area contributed by atoms with E-state index in [4.69, 9.17) is 27.9 Å². The summed E-state index contributed by atoms with van der Waals surface area (Å²) in [5.41, 5.74) is -0.0950. The Morgan fingerprint density at radius 3 is 2.46 bits per heavy atom. The normalized spacial score (nSPS) is 11.6. The van der Waals surface area contributed by atoms with Crippen LogP contribution in [0.1, 0.15) is 6.92 Å². The molecule has 1 atom stereocenters. The van der Waals surface area contributed by atoms with E-state index in [1.807, 2.05) is 0 Å². The van der Waals surface area contributed by atoms with Crippen molar-refractivity contribution in [2.75, 3.05) is 5.32 Å². The molecule has 126 valence electrons. The van der Waals surface area contributed by atoms with Crippen LogP contribution in [0.3, 0.4) is 0 Å². The zero-order chi connectivity index (χ0) is 17.7. The zero-order valence-corrected chi connectivity index (χ0v) is 14.2. The Labute approximate surface area is 147 Å². The summed E-state index contributed by atoms with van der Waals surface area (Å²) in [6.07, 6.45) is 0.377. The van der Waals surface area contributed by atoms with E-state index < -0.39 is 18.0 Å². The fourth-order valence-electron chi connectivity index (χ4n) is 1.86. The third-order valence-corrected chi connectivity index (χ3v) is 3.72. The van der Waals surface area contributed by atoms with E-state index in [2.05, 4.69) is 5.32 Å². The number of para-hydroxylation sites is 1. The van der Waals surface area contributed by atoms with Crippen LogP contribution in [0.2, 0.25) is 10.0 Å². The molecule has 0 bridgehead atoms. The van der Waals surface area contributed by atoms with E-state index >= 15 is 0 Å². The molecule has 0 radical (unpaired) electrons. The minimum atomic E-state index is -1.08. The van der Waals surface area contributed by atoms with Gasteiger partial charge in [-0.25, -0.2) is 0 Å². The van der Waals surface area contributed by atoms with E-state index in [0.717, 1.165) is 0 Å². The average Bonchev–Trinajstić information content (AvgIpc) is 2.53. The first-order valence-corrected chi connectivity index (χ1v) is 7.74. The van der Waals surface area contributed by atoms with Crippen LogP contribution in [0, 0.1) is 0 Å². The van der Waals surface area contributed by atoms with Gasteiger partial charge in [0.2, 0.25) is 0 Å². The Kier molecular flexibility index (Phi) is 6.00. The number of hydrogen-bond donors (Lipinski definition) is 1. The Morgan fingerprint density at radius 2 is 1.83 bits per heavy atom. The number of nitrogens with zero attached hydrogens (tertiary/aromatic N) is 1. The van der Waals surface area contributed by atoms with E-state index in [1.54, 1.807) is 30.3 Å². The standard InChI is InChI=1S/C16H14Cl2N2O4/c1-10(16(23)19-15-11(17)5-4-6-12(15)18)24-14(22)9-20-8-3-2-7-13(20)21/h2-8,10H,9H2,1H3,(H,19,23)/t10-/m0/s1. The SMILES string of the molecule is C[C@H](OC(=O)Cn1ccccc1=O)C(=O)Nc1c(Cl)cccc1Cl. The molecule has 1 aromatic carbocycles. The minimum absolute atomic E-state index is 0.244. The van der Waals surface area contributed by atoms with Crippen LogP contribution >= 0.6 is 23.2 Å². The van der Waals surface area contributed by atoms with E-state index in [0.29, 0.717) is 0 Å². The number of carbonyl (C=O) groups excluding carboxylic acids is 2. The lowest BCUT2D eigenvalue weighted by atomic mass is 10.3. The molecule has 0 aliphatic rings. The number of nitrogens with one attached hydrogen (secondary N) is 1. The second-order valence-electron chi connectivity index (χ2n) is 4.88. The predicted molar refractivity (Wildman–Crippen MR) is 91.3 cm³/mol. The van der Waals surface area contributed by atoms with Crippen molar-refractivity contribution in [3.05, 3.63) is 63.0 Å². The summed E-state index contributed by atoms with van der Waals surface area (Å²) in [4.78, 5) is 35.5. The number of ether oxygens (including phenoxy) is 1. The molecule has 1 N–H and O–H groups in total. The van der Waals surface area contributed by atoms with Gasteiger partial charge in [0.05, 0.1) is 15.7 Å². The van der Waals surface area contributed by atoms with E-state index in [1.165, 1.54) is 23.8 Å². The molecule has 0 aliphatic carbocycles. The lowest BCUT2D eigenvalue weighted by Gasteiger charge is -2.15. The van der Waals surface area contributed by atoms with Crippen LogP contribution in [-0.4, -0.2) is 22.5 Å². The maximum atomic E-state index is 12.1. The quantitative estimate of drug-likeness (QED) is 0.823. The second kappa shape index (κ2) is 7.99. The molecule has 1 heterocycles. The van der Waals surface area contributed by atoms with Gasteiger partial charge in [0.15, 0.2) is 6.10 Å². The Hall–Kier alpha value is -2.31. The molecule has 0 saturated heterocycles. The third-order valence-electron chi connectivity index (χ3n) is 3.09. The Bertz CT molecular complexity index is 799. The number of anilines is 1. The first-order chi connectivity index (χ1) is 11.4. The average molecular weight is 369 g/mol. The van der Waals surface area contributed by atoms with Crippen molar-refractivity contribution >= 4 is 40.8 Å². The number of hydrogen-bond acceptors (Lipinski definition) is 4. The first-order valence-electron chi connectivity index (χ1n) is 6.98. The van der Waals surface area contributed by atoms with Crippen molar-refractivity contribution in [2.45, 2.75) is 19.6 Å². The maximum absolute atomic E-state index is 12.1. The molecule has 2 aromatic rings. The van der Waals surface area contributed by atoms with Crippen molar-refractivity contribution < 1.29 is 14.3 Å². The number of carbonyl (C=O) groups is 2. The number of halogens is 2. The van der Waals surface area contributed by atoms with Crippen LogP contribution in [0.15, 0.2) is 47.4 Å². The highest BCUT2D eigenvalue weighted by molar-refractivity contribution is 6.39. The van der Waals surface area contributed by atoms with Gasteiger partial charge in [-0.05, 0) is 25.1 Å². The zero-order valence-electron chi connectivity index (χ0n) is 12.7. The lowest BCUT2D eigenvalue weighted by molar-refractivity contribution is -0.153. The van der Waals surface area contributed by atoms with Gasteiger partial charge in [0.1, 0.15) is 6.54 Å². The Morgan fingerprint density at radius 1 is 1.17 bits per heavy atom. The number of pyridine rings is 1. The highest BCUT2D eigenvalue weighted by atomic mass is 35.5. The highest BCUT2D eigenvalue weighted by Crippen LogP contribution is 2.29. The van der Waals surface area contributed by atoms with Crippen LogP contribution in [-0.2, 0) is 20.9 Å². The molecule has 1 amide bonds. The number of aromatic nitrogens is 1. The molecule has 0 saturated carbocycles. The topological polar surface area (TPSA) is 77.4 Å². The van der Waals surface area contributed by atoms with Crippen LogP contribution in [0.5, 0.6) is 0 Å². The summed E-state index contributed by atoms with van der Waals surface area (Å²) in [5.74, 6) is -1.30. The van der Waals surface area contributed by atoms with Gasteiger partial charge in [-0.1, -0.05) is 35.3 Å². The van der Waals surface area contributed by atoms with Crippen LogP contribution in [0.4, 0.5) is 5.69 Å². The molecular weight excluding hydrogens is 355 g/mol. The lowest BCUT2D eigenvalue weighted by Crippen LogP contribution is -2.32. The summed E-state index contributed by atoms with van der Waals surface area (Å²) in [6, 6.07) is 9.28. The largest absolute Gasteiger partial charge is 0.451 e. The minimum Gasteiger partial charge on any atom is -0.451 e. The predicted octanol–water partition coefficient (Wildman–Crippen LogP) is 2.73. The summed E-state index contributed by atoms with van der Waals surface area (Å²) in [5, 5.41) is 3.05. The van der Waals surface area contributed by atoms with Gasteiger partial charge < -0.3 is 14.6 Å². The molecule has 0 unspecified atom stereocenters. The number of rotatable bonds is 5. The summed E-state index contributed by atoms with van der Waals surface area (Å²) >= 11 is 11.9. The van der Waals surface area contributed by atoms with Gasteiger partial charge in [-0.15, -0.1) is 0 Å². The molecule has 24 heavy (non-hydrogen) atoms. The Balaban J connectivity index is 1.97. The number of benzene rings is 1. The summed E-state index contributed by atoms with van der Waals surface area (Å²) in [6.45, 7) is 1.12. The monoisotopic (exact) mass is 368 g/mol. The van der Waals surface area contributed by atoms with Gasteiger partial charge in [0.25, 0.3) is 11.5 Å². The van der Waals surface area contributed by atoms with Crippen molar-refractivity contribution in [1.29, 1.82) is 0 Å². The molecule has 1 aromatic heterocycles. The highest BCUT2D eigenvalue weighted by Gasteiger charge is 2.20. The van der Waals surface area contributed by atoms with Crippen LogP contribution in [0.25, 0.3) is 0 Å². The van der Waals surface area contributed by atoms with Crippen molar-refractivity contribution in [1.82, 2.24) is 4.57 Å². The number of amides is 1. The summed E-state index contributed by atoms with van der Waals surface area (Å²) < 4.78 is 6.20. The molecule has 0 spiro atoms. The van der Waals surface area contributed by atoms with Crippen molar-refractivity contribution in [3.8, 4) is 0 Å². The van der Waals surface area contributed by atoms with Gasteiger partial charge >= 0.3 is 5.97 Å².